The highest BCUT2D eigenvalue weighted by Crippen LogP contribution is 2.46. The molecular formula is C15H17NO4. The third-order valence-corrected chi connectivity index (χ3v) is 4.29. The van der Waals surface area contributed by atoms with E-state index in [1.54, 1.807) is 0 Å². The summed E-state index contributed by atoms with van der Waals surface area (Å²) >= 11 is 0. The molecule has 0 bridgehead atoms. The zero-order valence-electron chi connectivity index (χ0n) is 11.3. The van der Waals surface area contributed by atoms with Crippen molar-refractivity contribution in [3.8, 4) is 5.75 Å². The van der Waals surface area contributed by atoms with Crippen molar-refractivity contribution in [1.29, 1.82) is 0 Å². The maximum absolute atomic E-state index is 12.1. The lowest BCUT2D eigenvalue weighted by Crippen LogP contribution is -2.44. The van der Waals surface area contributed by atoms with Crippen molar-refractivity contribution in [1.82, 2.24) is 5.32 Å². The van der Waals surface area contributed by atoms with E-state index in [2.05, 4.69) is 5.32 Å². The van der Waals surface area contributed by atoms with E-state index in [1.165, 1.54) is 0 Å². The molecule has 0 aromatic heterocycles. The van der Waals surface area contributed by atoms with Gasteiger partial charge in [0.25, 0.3) is 0 Å². The second-order valence-corrected chi connectivity index (χ2v) is 5.60. The SMILES string of the molecule is C[C@H](NC(=O)C1(C(=O)O)CC1)[C@H]1COc2ccccc21. The molecule has 1 aliphatic carbocycles. The van der Waals surface area contributed by atoms with Crippen LogP contribution in [0.15, 0.2) is 24.3 Å². The topological polar surface area (TPSA) is 75.6 Å². The lowest BCUT2D eigenvalue weighted by molar-refractivity contribution is -0.149. The Balaban J connectivity index is 1.71. The standard InChI is InChI=1S/C15H17NO4/c1-9(16-13(17)15(6-7-15)14(18)19)11-8-20-12-5-3-2-4-10(11)12/h2-5,9,11H,6-8H2,1H3,(H,16,17)(H,18,19)/t9-,11+/m0/s1. The summed E-state index contributed by atoms with van der Waals surface area (Å²) in [6.45, 7) is 2.41. The van der Waals surface area contributed by atoms with Crippen LogP contribution >= 0.6 is 0 Å². The normalized spacial score (nSPS) is 23.4. The Kier molecular flexibility index (Phi) is 2.92. The minimum atomic E-state index is -1.19. The predicted molar refractivity (Wildman–Crippen MR) is 71.6 cm³/mol. The second kappa shape index (κ2) is 4.51. The summed E-state index contributed by atoms with van der Waals surface area (Å²) in [6, 6.07) is 7.59. The number of rotatable bonds is 4. The quantitative estimate of drug-likeness (QED) is 0.817. The Morgan fingerprint density at radius 2 is 2.10 bits per heavy atom. The molecular weight excluding hydrogens is 258 g/mol. The Morgan fingerprint density at radius 3 is 2.75 bits per heavy atom. The van der Waals surface area contributed by atoms with Crippen LogP contribution in [0.25, 0.3) is 0 Å². The van der Waals surface area contributed by atoms with Gasteiger partial charge in [0.15, 0.2) is 0 Å². The van der Waals surface area contributed by atoms with Crippen molar-refractivity contribution in [2.75, 3.05) is 6.61 Å². The monoisotopic (exact) mass is 275 g/mol. The number of hydrogen-bond donors (Lipinski definition) is 2. The van der Waals surface area contributed by atoms with Crippen molar-refractivity contribution in [3.63, 3.8) is 0 Å². The number of benzene rings is 1. The van der Waals surface area contributed by atoms with Crippen LogP contribution in [-0.4, -0.2) is 29.6 Å². The minimum Gasteiger partial charge on any atom is -0.493 e. The van der Waals surface area contributed by atoms with Crippen LogP contribution in [0.3, 0.4) is 0 Å². The summed E-state index contributed by atoms with van der Waals surface area (Å²) in [5, 5.41) is 12.0. The van der Waals surface area contributed by atoms with E-state index in [-0.39, 0.29) is 17.9 Å². The van der Waals surface area contributed by atoms with Crippen molar-refractivity contribution < 1.29 is 19.4 Å². The van der Waals surface area contributed by atoms with Gasteiger partial charge in [0.1, 0.15) is 11.2 Å². The van der Waals surface area contributed by atoms with Crippen LogP contribution < -0.4 is 10.1 Å². The molecule has 20 heavy (non-hydrogen) atoms. The maximum atomic E-state index is 12.1. The first kappa shape index (κ1) is 13.0. The van der Waals surface area contributed by atoms with Crippen LogP contribution in [0.4, 0.5) is 0 Å². The minimum absolute atomic E-state index is 0.0692. The molecule has 3 rings (SSSR count). The Morgan fingerprint density at radius 1 is 1.40 bits per heavy atom. The summed E-state index contributed by atoms with van der Waals surface area (Å²) in [4.78, 5) is 23.3. The van der Waals surface area contributed by atoms with Crippen LogP contribution in [0.5, 0.6) is 5.75 Å². The van der Waals surface area contributed by atoms with Gasteiger partial charge in [-0.1, -0.05) is 18.2 Å². The van der Waals surface area contributed by atoms with E-state index in [4.69, 9.17) is 9.84 Å². The Labute approximate surface area is 116 Å². The summed E-state index contributed by atoms with van der Waals surface area (Å²) in [7, 11) is 0. The van der Waals surface area contributed by atoms with Gasteiger partial charge < -0.3 is 15.2 Å². The van der Waals surface area contributed by atoms with E-state index >= 15 is 0 Å². The zero-order chi connectivity index (χ0) is 14.3. The maximum Gasteiger partial charge on any atom is 0.319 e. The van der Waals surface area contributed by atoms with E-state index in [9.17, 15) is 9.59 Å². The van der Waals surface area contributed by atoms with Crippen molar-refractivity contribution in [2.45, 2.75) is 31.7 Å². The predicted octanol–water partition coefficient (Wildman–Crippen LogP) is 1.53. The molecule has 0 spiro atoms. The number of fused-ring (bicyclic) bond motifs is 1. The number of amides is 1. The molecule has 106 valence electrons. The van der Waals surface area contributed by atoms with E-state index in [0.29, 0.717) is 19.4 Å². The fourth-order valence-corrected chi connectivity index (χ4v) is 2.71. The number of para-hydroxylation sites is 1. The van der Waals surface area contributed by atoms with Gasteiger partial charge in [-0.15, -0.1) is 0 Å². The molecule has 1 aromatic carbocycles. The number of carbonyl (C=O) groups is 2. The van der Waals surface area contributed by atoms with Crippen LogP contribution in [-0.2, 0) is 9.59 Å². The van der Waals surface area contributed by atoms with Crippen LogP contribution in [0.2, 0.25) is 0 Å². The van der Waals surface area contributed by atoms with Gasteiger partial charge in [0.05, 0.1) is 6.61 Å². The van der Waals surface area contributed by atoms with Gasteiger partial charge in [0, 0.05) is 17.5 Å². The van der Waals surface area contributed by atoms with E-state index in [0.717, 1.165) is 11.3 Å². The number of carboxylic acid groups (broad SMARTS) is 1. The molecule has 1 aliphatic heterocycles. The molecule has 0 radical (unpaired) electrons. The first-order valence-electron chi connectivity index (χ1n) is 6.81. The van der Waals surface area contributed by atoms with Gasteiger partial charge >= 0.3 is 5.97 Å². The zero-order valence-corrected chi connectivity index (χ0v) is 11.3. The highest BCUT2D eigenvalue weighted by Gasteiger charge is 2.57. The average Bonchev–Trinajstić information content (AvgIpc) is 3.13. The molecule has 1 aromatic rings. The van der Waals surface area contributed by atoms with Crippen molar-refractivity contribution in [3.05, 3.63) is 29.8 Å². The van der Waals surface area contributed by atoms with Gasteiger partial charge in [-0.05, 0) is 25.8 Å². The lowest BCUT2D eigenvalue weighted by atomic mass is 9.93. The summed E-state index contributed by atoms with van der Waals surface area (Å²) in [6.07, 6.45) is 0.858. The molecule has 5 heteroatoms. The fourth-order valence-electron chi connectivity index (χ4n) is 2.71. The first-order valence-corrected chi connectivity index (χ1v) is 6.81. The third-order valence-electron chi connectivity index (χ3n) is 4.29. The van der Waals surface area contributed by atoms with Gasteiger partial charge in [-0.3, -0.25) is 9.59 Å². The van der Waals surface area contributed by atoms with Crippen molar-refractivity contribution in [2.24, 2.45) is 5.41 Å². The summed E-state index contributed by atoms with van der Waals surface area (Å²) in [5.41, 5.74) is -0.117. The second-order valence-electron chi connectivity index (χ2n) is 5.60. The summed E-state index contributed by atoms with van der Waals surface area (Å²) < 4.78 is 5.59. The number of carbonyl (C=O) groups excluding carboxylic acids is 1. The molecule has 2 aliphatic rings. The van der Waals surface area contributed by atoms with Gasteiger partial charge in [-0.2, -0.15) is 0 Å². The Hall–Kier alpha value is -2.04. The third kappa shape index (κ3) is 1.94. The largest absolute Gasteiger partial charge is 0.493 e. The molecule has 2 N–H and O–H groups in total. The number of hydrogen-bond acceptors (Lipinski definition) is 3. The van der Waals surface area contributed by atoms with Crippen molar-refractivity contribution >= 4 is 11.9 Å². The molecule has 1 fully saturated rings. The number of nitrogens with one attached hydrogen (secondary N) is 1. The Bertz CT molecular complexity index is 565. The molecule has 0 saturated heterocycles. The van der Waals surface area contributed by atoms with E-state index < -0.39 is 11.4 Å². The number of carboxylic acids is 1. The molecule has 0 unspecified atom stereocenters. The van der Waals surface area contributed by atoms with Crippen LogP contribution in [0.1, 0.15) is 31.2 Å². The number of aliphatic carboxylic acids is 1. The molecule has 2 atom stereocenters. The average molecular weight is 275 g/mol. The molecule has 5 nitrogen and oxygen atoms in total. The molecule has 1 saturated carbocycles. The summed E-state index contributed by atoms with van der Waals surface area (Å²) in [5.74, 6) is -0.482. The van der Waals surface area contributed by atoms with Crippen LogP contribution in [0, 0.1) is 5.41 Å². The number of ether oxygens (including phenoxy) is 1. The highest BCUT2D eigenvalue weighted by atomic mass is 16.5. The highest BCUT2D eigenvalue weighted by molar-refractivity contribution is 6.04. The van der Waals surface area contributed by atoms with Gasteiger partial charge in [-0.25, -0.2) is 0 Å². The lowest BCUT2D eigenvalue weighted by Gasteiger charge is -2.22. The first-order chi connectivity index (χ1) is 9.54. The van der Waals surface area contributed by atoms with E-state index in [1.807, 2.05) is 31.2 Å². The van der Waals surface area contributed by atoms with Gasteiger partial charge in [0.2, 0.25) is 5.91 Å². The fraction of sp³-hybridized carbons (Fsp3) is 0.467. The molecule has 1 amide bonds. The smallest absolute Gasteiger partial charge is 0.319 e. The molecule has 1 heterocycles.